The minimum Gasteiger partial charge on any atom is -0.455 e. The molecule has 0 saturated heterocycles. The van der Waals surface area contributed by atoms with Crippen molar-refractivity contribution in [2.45, 2.75) is 11.8 Å². The predicted octanol–water partition coefficient (Wildman–Crippen LogP) is 11.3. The number of furan rings is 1. The monoisotopic (exact) mass is 754 g/mol. The summed E-state index contributed by atoms with van der Waals surface area (Å²) in [5.41, 5.74) is 15.3. The van der Waals surface area contributed by atoms with Crippen molar-refractivity contribution < 1.29 is 4.42 Å². The molecule has 1 heterocycles. The zero-order valence-electron chi connectivity index (χ0n) is 31.8. The molecule has 3 aliphatic carbocycles. The van der Waals surface area contributed by atoms with Gasteiger partial charge in [0, 0.05) is 28.2 Å². The molecule has 2 atom stereocenters. The molecule has 2 bridgehead atoms. The SMILES string of the molecule is c1ccc(-c2ccc([Si](c3ccccc3)(c3ccccc3)c3cccc4c3C3c5ccccc5C4c4cccc(-c5cccc6c5oc5ccccc56)c43)cc2)cc1. The molecule has 58 heavy (non-hydrogen) atoms. The van der Waals surface area contributed by atoms with Gasteiger partial charge in [-0.1, -0.05) is 212 Å². The van der Waals surface area contributed by atoms with Crippen LogP contribution in [0.1, 0.15) is 45.2 Å². The van der Waals surface area contributed by atoms with Gasteiger partial charge in [0.2, 0.25) is 0 Å². The number of rotatable bonds is 6. The summed E-state index contributed by atoms with van der Waals surface area (Å²) in [6, 6.07) is 81.7. The van der Waals surface area contributed by atoms with Gasteiger partial charge in [-0.25, -0.2) is 0 Å². The van der Waals surface area contributed by atoms with E-state index >= 15 is 0 Å². The Balaban J connectivity index is 1.17. The van der Waals surface area contributed by atoms with E-state index in [1.54, 1.807) is 0 Å². The highest BCUT2D eigenvalue weighted by atomic mass is 28.3. The van der Waals surface area contributed by atoms with Crippen LogP contribution in [-0.4, -0.2) is 8.07 Å². The molecule has 0 spiro atoms. The second kappa shape index (κ2) is 13.0. The van der Waals surface area contributed by atoms with E-state index in [0.717, 1.165) is 27.5 Å². The highest BCUT2D eigenvalue weighted by Gasteiger charge is 2.49. The Morgan fingerprint density at radius 3 is 1.55 bits per heavy atom. The molecule has 0 N–H and O–H groups in total. The lowest BCUT2D eigenvalue weighted by Gasteiger charge is -2.47. The summed E-state index contributed by atoms with van der Waals surface area (Å²) in [4.78, 5) is 0. The van der Waals surface area contributed by atoms with Gasteiger partial charge >= 0.3 is 0 Å². The van der Waals surface area contributed by atoms with Crippen LogP contribution in [0.15, 0.2) is 223 Å². The maximum atomic E-state index is 6.75. The normalized spacial score (nSPS) is 15.2. The molecule has 1 nitrogen and oxygen atoms in total. The molecule has 9 aromatic carbocycles. The van der Waals surface area contributed by atoms with E-state index < -0.39 is 8.07 Å². The summed E-state index contributed by atoms with van der Waals surface area (Å²) >= 11 is 0. The van der Waals surface area contributed by atoms with Crippen LogP contribution < -0.4 is 20.7 Å². The Morgan fingerprint density at radius 2 is 0.828 bits per heavy atom. The third-order valence-electron chi connectivity index (χ3n) is 13.0. The fourth-order valence-corrected chi connectivity index (χ4v) is 15.7. The van der Waals surface area contributed by atoms with E-state index in [4.69, 9.17) is 4.42 Å². The van der Waals surface area contributed by atoms with E-state index in [1.165, 1.54) is 70.8 Å². The molecular weight excluding hydrogens is 717 g/mol. The van der Waals surface area contributed by atoms with E-state index in [2.05, 4.69) is 218 Å². The molecule has 13 rings (SSSR count). The summed E-state index contributed by atoms with van der Waals surface area (Å²) < 4.78 is 6.75. The maximum Gasteiger partial charge on any atom is 0.179 e. The molecule has 3 aliphatic rings. The van der Waals surface area contributed by atoms with Gasteiger partial charge in [0.15, 0.2) is 8.07 Å². The predicted molar refractivity (Wildman–Crippen MR) is 243 cm³/mol. The summed E-state index contributed by atoms with van der Waals surface area (Å²) in [5.74, 6) is 0.140. The van der Waals surface area contributed by atoms with Crippen molar-refractivity contribution in [3.8, 4) is 22.3 Å². The fourth-order valence-electron chi connectivity index (χ4n) is 10.7. The minimum absolute atomic E-state index is 0.0288. The quantitative estimate of drug-likeness (QED) is 0.122. The van der Waals surface area contributed by atoms with Crippen molar-refractivity contribution in [1.82, 2.24) is 0 Å². The molecule has 0 radical (unpaired) electrons. The number of fused-ring (bicyclic) bond motifs is 3. The molecule has 2 heteroatoms. The van der Waals surface area contributed by atoms with Crippen LogP contribution >= 0.6 is 0 Å². The molecular formula is C56H38OSi. The van der Waals surface area contributed by atoms with Gasteiger partial charge in [-0.05, 0) is 76.9 Å². The molecule has 272 valence electrons. The first-order valence-electron chi connectivity index (χ1n) is 20.3. The topological polar surface area (TPSA) is 13.1 Å². The zero-order valence-corrected chi connectivity index (χ0v) is 32.8. The summed E-state index contributed by atoms with van der Waals surface area (Å²) in [7, 11) is -2.96. The third-order valence-corrected chi connectivity index (χ3v) is 17.9. The highest BCUT2D eigenvalue weighted by molar-refractivity contribution is 7.20. The van der Waals surface area contributed by atoms with E-state index in [0.29, 0.717) is 0 Å². The van der Waals surface area contributed by atoms with Crippen LogP contribution in [0.4, 0.5) is 0 Å². The lowest BCUT2D eigenvalue weighted by atomic mass is 9.60. The van der Waals surface area contributed by atoms with Gasteiger partial charge in [-0.2, -0.15) is 0 Å². The van der Waals surface area contributed by atoms with Crippen molar-refractivity contribution in [2.75, 3.05) is 0 Å². The van der Waals surface area contributed by atoms with Crippen LogP contribution in [0, 0.1) is 0 Å². The van der Waals surface area contributed by atoms with Gasteiger partial charge in [0.1, 0.15) is 11.2 Å². The largest absolute Gasteiger partial charge is 0.455 e. The fraction of sp³-hybridized carbons (Fsp3) is 0.0357. The Labute approximate surface area is 339 Å². The van der Waals surface area contributed by atoms with E-state index in [1.807, 2.05) is 0 Å². The third kappa shape index (κ3) is 4.70. The smallest absolute Gasteiger partial charge is 0.179 e. The van der Waals surface area contributed by atoms with Gasteiger partial charge in [0.05, 0.1) is 0 Å². The van der Waals surface area contributed by atoms with Crippen molar-refractivity contribution in [3.63, 3.8) is 0 Å². The number of benzene rings is 9. The van der Waals surface area contributed by atoms with Crippen LogP contribution in [0.25, 0.3) is 44.2 Å². The Hall–Kier alpha value is -7.00. The summed E-state index contributed by atoms with van der Waals surface area (Å²) in [6.45, 7) is 0. The van der Waals surface area contributed by atoms with Gasteiger partial charge in [-0.15, -0.1) is 0 Å². The first-order chi connectivity index (χ1) is 28.8. The summed E-state index contributed by atoms with van der Waals surface area (Å²) in [5, 5.41) is 7.93. The molecule has 0 saturated carbocycles. The molecule has 2 unspecified atom stereocenters. The van der Waals surface area contributed by atoms with Crippen molar-refractivity contribution in [2.24, 2.45) is 0 Å². The minimum atomic E-state index is -2.96. The van der Waals surface area contributed by atoms with Crippen LogP contribution in [0.3, 0.4) is 0 Å². The van der Waals surface area contributed by atoms with Gasteiger partial charge in [-0.3, -0.25) is 0 Å². The molecule has 0 fully saturated rings. The molecule has 0 aliphatic heterocycles. The number of hydrogen-bond donors (Lipinski definition) is 0. The second-order valence-corrected chi connectivity index (χ2v) is 19.6. The second-order valence-electron chi connectivity index (χ2n) is 15.8. The average Bonchev–Trinajstić information content (AvgIpc) is 3.69. The standard InChI is InChI=1S/C56H38OSi/c1-4-17-37(18-5-1)38-33-35-41(36-34-38)58(39-19-6-2-7-20-39,40-21-8-3-9-22-40)51-32-16-30-49-52-43-24-10-11-25-44(43)55(54(49)51)53-45(26-14-29-48(52)53)47-28-15-27-46-42-23-12-13-31-50(42)57-56(46)47/h1-36,52,55H. The lowest BCUT2D eigenvalue weighted by molar-refractivity contribution is 0.669. The Morgan fingerprint density at radius 1 is 0.328 bits per heavy atom. The highest BCUT2D eigenvalue weighted by Crippen LogP contribution is 2.58. The van der Waals surface area contributed by atoms with Crippen LogP contribution in [0.5, 0.6) is 0 Å². The van der Waals surface area contributed by atoms with Gasteiger partial charge in [0.25, 0.3) is 0 Å². The van der Waals surface area contributed by atoms with Crippen molar-refractivity contribution >= 4 is 50.8 Å². The first-order valence-corrected chi connectivity index (χ1v) is 22.3. The van der Waals surface area contributed by atoms with Crippen molar-refractivity contribution in [3.05, 3.63) is 252 Å². The first kappa shape index (κ1) is 33.2. The Kier molecular flexibility index (Phi) is 7.45. The lowest BCUT2D eigenvalue weighted by Crippen LogP contribution is -2.75. The van der Waals surface area contributed by atoms with Crippen molar-refractivity contribution in [1.29, 1.82) is 0 Å². The Bertz CT molecular complexity index is 3120. The molecule has 10 aromatic rings. The summed E-state index contributed by atoms with van der Waals surface area (Å²) in [6.07, 6.45) is 0. The average molecular weight is 755 g/mol. The number of hydrogen-bond acceptors (Lipinski definition) is 1. The van der Waals surface area contributed by atoms with E-state index in [-0.39, 0.29) is 11.8 Å². The van der Waals surface area contributed by atoms with Crippen LogP contribution in [-0.2, 0) is 0 Å². The molecule has 0 amide bonds. The molecule has 1 aromatic heterocycles. The maximum absolute atomic E-state index is 6.75. The van der Waals surface area contributed by atoms with Gasteiger partial charge < -0.3 is 4.42 Å². The zero-order chi connectivity index (χ0) is 38.2. The van der Waals surface area contributed by atoms with E-state index in [9.17, 15) is 0 Å². The number of para-hydroxylation sites is 2. The van der Waals surface area contributed by atoms with Crippen LogP contribution in [0.2, 0.25) is 0 Å².